The Bertz CT molecular complexity index is 389. The van der Waals surface area contributed by atoms with Crippen molar-refractivity contribution in [2.75, 3.05) is 0 Å². The lowest BCUT2D eigenvalue weighted by atomic mass is 10.1. The maximum absolute atomic E-state index is 10.8. The topological polar surface area (TPSA) is 43.1 Å². The zero-order valence-electron chi connectivity index (χ0n) is 8.36. The summed E-state index contributed by atoms with van der Waals surface area (Å²) in [6.07, 6.45) is 0.670. The Kier molecular flexibility index (Phi) is 1.84. The number of hydrogen-bond acceptors (Lipinski definition) is 2. The summed E-state index contributed by atoms with van der Waals surface area (Å²) in [6, 6.07) is 7.99. The molecule has 0 amide bonds. The molecule has 1 saturated carbocycles. The van der Waals surface area contributed by atoms with E-state index in [0.717, 1.165) is 5.56 Å². The van der Waals surface area contributed by atoms with E-state index in [2.05, 4.69) is 0 Å². The van der Waals surface area contributed by atoms with Crippen LogP contribution in [0, 0.1) is 17.0 Å². The van der Waals surface area contributed by atoms with Gasteiger partial charge in [-0.1, -0.05) is 29.8 Å². The molecular weight excluding hydrogens is 178 g/mol. The molecule has 2 rings (SSSR count). The molecule has 0 saturated heterocycles. The summed E-state index contributed by atoms with van der Waals surface area (Å²) in [5.74, 6) is 0.109. The summed E-state index contributed by atoms with van der Waals surface area (Å²) >= 11 is 0. The minimum atomic E-state index is -0.714. The molecule has 74 valence electrons. The molecule has 1 aliphatic rings. The van der Waals surface area contributed by atoms with Gasteiger partial charge >= 0.3 is 0 Å². The fourth-order valence-corrected chi connectivity index (χ4v) is 1.92. The fourth-order valence-electron chi connectivity index (χ4n) is 1.92. The van der Waals surface area contributed by atoms with Crippen molar-refractivity contribution in [3.63, 3.8) is 0 Å². The van der Waals surface area contributed by atoms with E-state index in [1.54, 1.807) is 6.92 Å². The summed E-state index contributed by atoms with van der Waals surface area (Å²) in [5.41, 5.74) is 1.55. The van der Waals surface area contributed by atoms with Crippen LogP contribution in [0.25, 0.3) is 0 Å². The molecule has 1 aliphatic carbocycles. The lowest BCUT2D eigenvalue weighted by Gasteiger charge is -2.03. The average molecular weight is 191 g/mol. The predicted octanol–water partition coefficient (Wildman–Crippen LogP) is 2.52. The van der Waals surface area contributed by atoms with Crippen LogP contribution in [0.4, 0.5) is 0 Å². The standard InChI is InChI=1S/C11H13NO2/c1-8-4-3-5-9(6-8)10-7-11(10,2)12(13)14/h3-6,10H,7H2,1-2H3. The zero-order chi connectivity index (χ0) is 10.3. The number of hydrogen-bond donors (Lipinski definition) is 0. The van der Waals surface area contributed by atoms with E-state index >= 15 is 0 Å². The Morgan fingerprint density at radius 3 is 2.79 bits per heavy atom. The van der Waals surface area contributed by atoms with Gasteiger partial charge in [0.2, 0.25) is 5.54 Å². The van der Waals surface area contributed by atoms with Gasteiger partial charge in [-0.3, -0.25) is 10.1 Å². The minimum absolute atomic E-state index is 0.109. The van der Waals surface area contributed by atoms with Gasteiger partial charge in [0, 0.05) is 18.3 Å². The SMILES string of the molecule is Cc1cccc(C2CC2(C)[N+](=O)[O-])c1. The maximum Gasteiger partial charge on any atom is 0.227 e. The van der Waals surface area contributed by atoms with E-state index in [0.29, 0.717) is 6.42 Å². The van der Waals surface area contributed by atoms with E-state index in [-0.39, 0.29) is 10.8 Å². The average Bonchev–Trinajstić information content (AvgIpc) is 2.80. The molecule has 0 spiro atoms. The molecule has 0 radical (unpaired) electrons. The molecular formula is C11H13NO2. The predicted molar refractivity (Wildman–Crippen MR) is 53.9 cm³/mol. The van der Waals surface area contributed by atoms with Gasteiger partial charge in [-0.15, -0.1) is 0 Å². The third-order valence-corrected chi connectivity index (χ3v) is 3.07. The zero-order valence-corrected chi connectivity index (χ0v) is 8.36. The van der Waals surface area contributed by atoms with Crippen molar-refractivity contribution >= 4 is 0 Å². The third-order valence-electron chi connectivity index (χ3n) is 3.07. The van der Waals surface area contributed by atoms with Gasteiger partial charge in [-0.25, -0.2) is 0 Å². The molecule has 1 fully saturated rings. The molecule has 1 aromatic carbocycles. The molecule has 2 atom stereocenters. The lowest BCUT2D eigenvalue weighted by molar-refractivity contribution is -0.535. The van der Waals surface area contributed by atoms with Crippen molar-refractivity contribution in [1.82, 2.24) is 0 Å². The first-order valence-corrected chi connectivity index (χ1v) is 4.75. The van der Waals surface area contributed by atoms with E-state index in [4.69, 9.17) is 0 Å². The number of nitrogens with zero attached hydrogens (tertiary/aromatic N) is 1. The first-order valence-electron chi connectivity index (χ1n) is 4.75. The molecule has 0 N–H and O–H groups in total. The Labute approximate surface area is 82.9 Å². The van der Waals surface area contributed by atoms with E-state index in [1.165, 1.54) is 5.56 Å². The molecule has 1 aromatic rings. The van der Waals surface area contributed by atoms with Crippen molar-refractivity contribution < 1.29 is 4.92 Å². The van der Waals surface area contributed by atoms with Gasteiger partial charge in [-0.2, -0.15) is 0 Å². The van der Waals surface area contributed by atoms with Crippen LogP contribution in [-0.2, 0) is 0 Å². The highest BCUT2D eigenvalue weighted by molar-refractivity contribution is 5.33. The van der Waals surface area contributed by atoms with Crippen LogP contribution < -0.4 is 0 Å². The second kappa shape index (κ2) is 2.80. The highest BCUT2D eigenvalue weighted by atomic mass is 16.6. The van der Waals surface area contributed by atoms with Crippen LogP contribution in [0.2, 0.25) is 0 Å². The van der Waals surface area contributed by atoms with Gasteiger partial charge in [0.25, 0.3) is 0 Å². The van der Waals surface area contributed by atoms with Crippen molar-refractivity contribution in [1.29, 1.82) is 0 Å². The normalized spacial score (nSPS) is 30.0. The second-order valence-corrected chi connectivity index (χ2v) is 4.29. The van der Waals surface area contributed by atoms with Crippen LogP contribution >= 0.6 is 0 Å². The minimum Gasteiger partial charge on any atom is -0.264 e. The maximum atomic E-state index is 10.8. The Morgan fingerprint density at radius 1 is 1.57 bits per heavy atom. The summed E-state index contributed by atoms with van der Waals surface area (Å²) in [5, 5.41) is 10.8. The first kappa shape index (κ1) is 9.19. The van der Waals surface area contributed by atoms with Crippen molar-refractivity contribution in [3.05, 3.63) is 45.5 Å². The van der Waals surface area contributed by atoms with Gasteiger partial charge in [0.05, 0.1) is 5.92 Å². The van der Waals surface area contributed by atoms with Crippen LogP contribution in [0.5, 0.6) is 0 Å². The molecule has 14 heavy (non-hydrogen) atoms. The summed E-state index contributed by atoms with van der Waals surface area (Å²) < 4.78 is 0. The summed E-state index contributed by atoms with van der Waals surface area (Å²) in [6.45, 7) is 3.73. The molecule has 0 heterocycles. The Hall–Kier alpha value is -1.38. The second-order valence-electron chi connectivity index (χ2n) is 4.29. The van der Waals surface area contributed by atoms with Crippen molar-refractivity contribution in [2.24, 2.45) is 0 Å². The summed E-state index contributed by atoms with van der Waals surface area (Å²) in [7, 11) is 0. The van der Waals surface area contributed by atoms with Crippen molar-refractivity contribution in [3.8, 4) is 0 Å². The van der Waals surface area contributed by atoms with E-state index < -0.39 is 5.54 Å². The number of aryl methyl sites for hydroxylation is 1. The first-order chi connectivity index (χ1) is 6.54. The Balaban J connectivity index is 2.25. The molecule has 3 nitrogen and oxygen atoms in total. The smallest absolute Gasteiger partial charge is 0.227 e. The molecule has 2 unspecified atom stereocenters. The molecule has 3 heteroatoms. The van der Waals surface area contributed by atoms with Gasteiger partial charge < -0.3 is 0 Å². The van der Waals surface area contributed by atoms with E-state index in [9.17, 15) is 10.1 Å². The Morgan fingerprint density at radius 2 is 2.29 bits per heavy atom. The fraction of sp³-hybridized carbons (Fsp3) is 0.455. The van der Waals surface area contributed by atoms with E-state index in [1.807, 2.05) is 31.2 Å². The molecule has 0 aromatic heterocycles. The van der Waals surface area contributed by atoms with Gasteiger partial charge in [0.15, 0.2) is 0 Å². The van der Waals surface area contributed by atoms with Crippen LogP contribution in [0.1, 0.15) is 30.4 Å². The largest absolute Gasteiger partial charge is 0.264 e. The quantitative estimate of drug-likeness (QED) is 0.532. The monoisotopic (exact) mass is 191 g/mol. The molecule has 0 bridgehead atoms. The number of benzene rings is 1. The third kappa shape index (κ3) is 1.29. The highest BCUT2D eigenvalue weighted by Crippen LogP contribution is 2.53. The van der Waals surface area contributed by atoms with Crippen molar-refractivity contribution in [2.45, 2.75) is 31.7 Å². The van der Waals surface area contributed by atoms with Crippen LogP contribution in [-0.4, -0.2) is 10.5 Å². The number of nitro groups is 1. The lowest BCUT2D eigenvalue weighted by Crippen LogP contribution is -2.18. The van der Waals surface area contributed by atoms with Gasteiger partial charge in [0.1, 0.15) is 0 Å². The highest BCUT2D eigenvalue weighted by Gasteiger charge is 2.62. The van der Waals surface area contributed by atoms with Crippen LogP contribution in [0.3, 0.4) is 0 Å². The van der Waals surface area contributed by atoms with Gasteiger partial charge in [-0.05, 0) is 12.5 Å². The molecule has 0 aliphatic heterocycles. The van der Waals surface area contributed by atoms with Crippen LogP contribution in [0.15, 0.2) is 24.3 Å². The number of rotatable bonds is 2. The summed E-state index contributed by atoms with van der Waals surface area (Å²) in [4.78, 5) is 10.6.